The highest BCUT2D eigenvalue weighted by Crippen LogP contribution is 2.41. The molecule has 4 saturated heterocycles. The van der Waals surface area contributed by atoms with E-state index in [9.17, 15) is 40.2 Å². The van der Waals surface area contributed by atoms with Crippen LogP contribution in [0.2, 0.25) is 0 Å². The third-order valence-electron chi connectivity index (χ3n) is 17.4. The largest absolute Gasteiger partial charge is 0.459 e. The molecule has 7 rings (SSSR count). The number of aliphatic hydroxyl groups is 6. The first-order chi connectivity index (χ1) is 37.6. The number of carbonyl (C=O) groups excluding carboxylic acids is 2. The summed E-state index contributed by atoms with van der Waals surface area (Å²) in [6.45, 7) is 18.4. The summed E-state index contributed by atoms with van der Waals surface area (Å²) < 4.78 is 61.0. The predicted molar refractivity (Wildman–Crippen MR) is 292 cm³/mol. The van der Waals surface area contributed by atoms with Crippen LogP contribution in [0.5, 0.6) is 0 Å². The van der Waals surface area contributed by atoms with Crippen LogP contribution in [0.15, 0.2) is 48.7 Å². The zero-order valence-electron chi connectivity index (χ0n) is 48.8. The minimum atomic E-state index is -1.86. The van der Waals surface area contributed by atoms with Crippen LogP contribution in [0.3, 0.4) is 0 Å². The Morgan fingerprint density at radius 1 is 0.912 bits per heavy atom. The Kier molecular flexibility index (Phi) is 20.7. The van der Waals surface area contributed by atoms with Gasteiger partial charge < -0.3 is 73.6 Å². The average molecular weight is 1130 g/mol. The smallest absolute Gasteiger partial charge is 0.414 e. The zero-order valence-corrected chi connectivity index (χ0v) is 48.8. The van der Waals surface area contributed by atoms with Gasteiger partial charge in [0.1, 0.15) is 41.9 Å². The molecule has 4 fully saturated rings. The van der Waals surface area contributed by atoms with Crippen molar-refractivity contribution in [2.75, 3.05) is 45.7 Å². The molecule has 448 valence electrons. The number of esters is 1. The summed E-state index contributed by atoms with van der Waals surface area (Å²) in [6.07, 6.45) is -8.57. The Morgan fingerprint density at radius 3 is 2.26 bits per heavy atom. The second-order valence-corrected chi connectivity index (χ2v) is 24.0. The summed E-state index contributed by atoms with van der Waals surface area (Å²) in [5.74, 6) is -3.42. The summed E-state index contributed by atoms with van der Waals surface area (Å²) in [7, 11) is 5.20. The molecule has 4 aliphatic rings. The van der Waals surface area contributed by atoms with Crippen molar-refractivity contribution in [2.45, 2.75) is 211 Å². The number of methoxy groups -OCH3 is 1. The molecule has 0 unspecified atom stereocenters. The molecule has 19 atom stereocenters. The first-order valence-electron chi connectivity index (χ1n) is 28.2. The SMILES string of the molecule is CC[C@H]1OC(=O)[C@H](C)[C@@H](O[C@H]2C[C@@](C)(OC)[C@H](O)[C@H](C)O2)[C@H](C)[C@@H](O[C@@H]2O[C@H](C)C[C@H](N(C)CCc3cn(C[C@H]4CN(c5ccc(-c6ccc(CO)cc6)c(F)c5)C(=O)O4)nn3)[C@@H]2O)[C@@](C)(O)C[C@@H](C)CN(C)[C@H](C)[C@@H](O)[C@]1(C)O. The van der Waals surface area contributed by atoms with Gasteiger partial charge in [-0.3, -0.25) is 9.69 Å². The lowest BCUT2D eigenvalue weighted by atomic mass is 9.77. The van der Waals surface area contributed by atoms with Crippen LogP contribution in [0.25, 0.3) is 11.1 Å². The van der Waals surface area contributed by atoms with Gasteiger partial charge in [-0.2, -0.15) is 0 Å². The summed E-state index contributed by atoms with van der Waals surface area (Å²) in [6, 6.07) is 10.4. The molecule has 1 amide bonds. The van der Waals surface area contributed by atoms with Gasteiger partial charge in [0.2, 0.25) is 0 Å². The maximum atomic E-state index is 15.4. The maximum Gasteiger partial charge on any atom is 0.414 e. The van der Waals surface area contributed by atoms with E-state index in [1.54, 1.807) is 95.7 Å². The lowest BCUT2D eigenvalue weighted by Gasteiger charge is -2.49. The van der Waals surface area contributed by atoms with Gasteiger partial charge in [0.25, 0.3) is 0 Å². The van der Waals surface area contributed by atoms with Crippen LogP contribution in [0.1, 0.15) is 106 Å². The van der Waals surface area contributed by atoms with Gasteiger partial charge in [-0.05, 0) is 117 Å². The van der Waals surface area contributed by atoms with Crippen molar-refractivity contribution in [3.8, 4) is 11.1 Å². The average Bonchev–Trinajstić information content (AvgIpc) is 4.06. The molecule has 2 aromatic carbocycles. The molecule has 21 nitrogen and oxygen atoms in total. The summed E-state index contributed by atoms with van der Waals surface area (Å²) in [4.78, 5) is 32.8. The number of ether oxygens (including phenoxy) is 7. The fourth-order valence-corrected chi connectivity index (χ4v) is 12.4. The minimum absolute atomic E-state index is 0.0762. The number of nitrogens with zero attached hydrogens (tertiary/aromatic N) is 6. The van der Waals surface area contributed by atoms with E-state index in [1.165, 1.54) is 25.0 Å². The topological polar surface area (TPSA) is 261 Å². The molecule has 6 N–H and O–H groups in total. The van der Waals surface area contributed by atoms with Gasteiger partial charge in [-0.25, -0.2) is 13.9 Å². The van der Waals surface area contributed by atoms with Crippen LogP contribution < -0.4 is 4.90 Å². The van der Waals surface area contributed by atoms with Crippen molar-refractivity contribution in [3.05, 3.63) is 65.7 Å². The van der Waals surface area contributed by atoms with Crippen molar-refractivity contribution in [1.29, 1.82) is 0 Å². The number of cyclic esters (lactones) is 2. The van der Waals surface area contributed by atoms with Crippen LogP contribution >= 0.6 is 0 Å². The number of aromatic nitrogens is 3. The van der Waals surface area contributed by atoms with Crippen LogP contribution in [-0.4, -0.2) is 205 Å². The molecule has 0 spiro atoms. The molecule has 0 saturated carbocycles. The fourth-order valence-electron chi connectivity index (χ4n) is 12.4. The van der Waals surface area contributed by atoms with Crippen LogP contribution in [0, 0.1) is 23.6 Å². The summed E-state index contributed by atoms with van der Waals surface area (Å²) in [5.41, 5.74) is -1.91. The molecule has 0 radical (unpaired) electrons. The monoisotopic (exact) mass is 1130 g/mol. The highest BCUT2D eigenvalue weighted by molar-refractivity contribution is 5.90. The lowest BCUT2D eigenvalue weighted by Crippen LogP contribution is -2.61. The van der Waals surface area contributed by atoms with E-state index in [1.807, 2.05) is 37.7 Å². The highest BCUT2D eigenvalue weighted by atomic mass is 19.1. The third-order valence-corrected chi connectivity index (χ3v) is 17.4. The molecule has 4 aliphatic heterocycles. The molecular weight excluding hydrogens is 1040 g/mol. The standard InChI is InChI=1S/C58H89FN6O15/c1-14-46-58(10,73)50(68)36(6)63(12)27-32(2)25-56(8,72)52(34(4)49(35(5)53(70)78-46)79-47-26-57(9,74-13)51(69)37(7)76-47)80-54-48(67)45(23-33(3)75-54)62(11)22-21-40-28-64(61-60-40)29-42-30-65(55(71)77-42)41-19-20-43(44(59)24-41)39-17-15-38(31-66)16-18-39/h15-20,24,28,32-37,42,45-52,54,66-69,72-73H,14,21-23,25-27,29-31H2,1-13H3/t32-,33-,34+,35-,36-,37+,42+,45+,46-,47+,48+,49+,50-,51-,52-,54+,56+,57-,58-/m1/s1. The van der Waals surface area contributed by atoms with Crippen molar-refractivity contribution < 1.29 is 77.8 Å². The Morgan fingerprint density at radius 2 is 1.61 bits per heavy atom. The number of anilines is 1. The number of halogens is 1. The molecule has 22 heteroatoms. The van der Waals surface area contributed by atoms with Gasteiger partial charge in [0.05, 0.1) is 72.6 Å². The van der Waals surface area contributed by atoms with Gasteiger partial charge >= 0.3 is 12.1 Å². The van der Waals surface area contributed by atoms with E-state index in [-0.39, 0.29) is 44.9 Å². The fraction of sp³-hybridized carbons (Fsp3) is 0.724. The molecule has 5 heterocycles. The maximum absolute atomic E-state index is 15.4. The molecule has 3 aromatic rings. The van der Waals surface area contributed by atoms with Crippen LogP contribution in [0.4, 0.5) is 14.9 Å². The van der Waals surface area contributed by atoms with Gasteiger partial charge in [0, 0.05) is 62.8 Å². The molecule has 0 bridgehead atoms. The molecule has 1 aromatic heterocycles. The number of benzene rings is 2. The first kappa shape index (κ1) is 63.3. The Balaban J connectivity index is 1.07. The highest BCUT2D eigenvalue weighted by Gasteiger charge is 2.53. The Bertz CT molecular complexity index is 2520. The van der Waals surface area contributed by atoms with E-state index in [4.69, 9.17) is 33.2 Å². The minimum Gasteiger partial charge on any atom is -0.459 e. The first-order valence-corrected chi connectivity index (χ1v) is 28.2. The van der Waals surface area contributed by atoms with Crippen molar-refractivity contribution in [3.63, 3.8) is 0 Å². The number of rotatable bonds is 15. The summed E-state index contributed by atoms with van der Waals surface area (Å²) in [5, 5.41) is 78.0. The number of likely N-dealkylation sites (N-methyl/N-ethyl adjacent to an activating group) is 2. The second kappa shape index (κ2) is 26.1. The zero-order chi connectivity index (χ0) is 58.8. The Hall–Kier alpha value is -4.27. The van der Waals surface area contributed by atoms with Crippen molar-refractivity contribution in [2.24, 2.45) is 17.8 Å². The van der Waals surface area contributed by atoms with Gasteiger partial charge in [0.15, 0.2) is 12.6 Å². The quantitative estimate of drug-likeness (QED) is 0.115. The number of aliphatic hydroxyl groups excluding tert-OH is 4. The van der Waals surface area contributed by atoms with E-state index >= 15 is 4.39 Å². The number of carbonyl (C=O) groups is 2. The molecular formula is C58H89FN6O15. The summed E-state index contributed by atoms with van der Waals surface area (Å²) >= 11 is 0. The van der Waals surface area contributed by atoms with E-state index < -0.39 is 126 Å². The predicted octanol–water partition coefficient (Wildman–Crippen LogP) is 4.43. The van der Waals surface area contributed by atoms with Crippen LogP contribution in [-0.2, 0) is 57.5 Å². The third kappa shape index (κ3) is 14.2. The van der Waals surface area contributed by atoms with Crippen molar-refractivity contribution >= 4 is 17.7 Å². The van der Waals surface area contributed by atoms with Gasteiger partial charge in [-0.15, -0.1) is 5.10 Å². The number of hydrogen-bond acceptors (Lipinski definition) is 19. The number of hydrogen-bond donors (Lipinski definition) is 6. The number of amides is 1. The Labute approximate surface area is 470 Å². The van der Waals surface area contributed by atoms with Crippen molar-refractivity contribution in [1.82, 2.24) is 24.8 Å². The van der Waals surface area contributed by atoms with E-state index in [2.05, 4.69) is 10.3 Å². The normalized spacial score (nSPS) is 38.2. The lowest BCUT2D eigenvalue weighted by molar-refractivity contribution is -0.318. The molecule has 80 heavy (non-hydrogen) atoms. The molecule has 0 aliphatic carbocycles. The van der Waals surface area contributed by atoms with Gasteiger partial charge in [-0.1, -0.05) is 50.3 Å². The van der Waals surface area contributed by atoms with E-state index in [0.717, 1.165) is 0 Å². The van der Waals surface area contributed by atoms with E-state index in [0.29, 0.717) is 54.0 Å². The second-order valence-electron chi connectivity index (χ2n) is 24.0.